The van der Waals surface area contributed by atoms with Gasteiger partial charge in [-0.2, -0.15) is 0 Å². The highest BCUT2D eigenvalue weighted by Gasteiger charge is 2.18. The molecule has 3 heterocycles. The minimum atomic E-state index is 0.0666. The minimum Gasteiger partial charge on any atom is -0.356 e. The maximum absolute atomic E-state index is 11.7. The maximum Gasteiger partial charge on any atom is 0.161 e. The van der Waals surface area contributed by atoms with Crippen molar-refractivity contribution in [1.82, 2.24) is 19.9 Å². The summed E-state index contributed by atoms with van der Waals surface area (Å²) in [6, 6.07) is 0. The molecule has 0 fully saturated rings. The van der Waals surface area contributed by atoms with Crippen LogP contribution in [0.15, 0.2) is 24.0 Å². The molecule has 3 aromatic rings. The van der Waals surface area contributed by atoms with E-state index in [0.29, 0.717) is 0 Å². The molecule has 106 valence electrons. The number of aryl methyl sites for hydroxylation is 1. The third kappa shape index (κ3) is 2.38. The second kappa shape index (κ2) is 5.21. The number of Topliss-reactive ketones (excluding diaryl/α,β-unsaturated/α-hetero) is 1. The van der Waals surface area contributed by atoms with Gasteiger partial charge in [-0.15, -0.1) is 11.3 Å². The largest absolute Gasteiger partial charge is 0.356 e. The van der Waals surface area contributed by atoms with Gasteiger partial charge < -0.3 is 4.98 Å². The first-order valence-corrected chi connectivity index (χ1v) is 7.38. The zero-order chi connectivity index (χ0) is 15.0. The van der Waals surface area contributed by atoms with E-state index in [1.165, 1.54) is 11.3 Å². The standard InChI is InChI=1S/C15H14N4OS/c1-8-13(10(3)20)9(2)18-14(8)12-7-21-15(19-12)11-6-16-4-5-17-11/h4-7,18H,1-3H3. The molecule has 0 aliphatic rings. The van der Waals surface area contributed by atoms with Crippen molar-refractivity contribution in [2.45, 2.75) is 20.8 Å². The Balaban J connectivity index is 2.05. The van der Waals surface area contributed by atoms with Crippen LogP contribution in [0, 0.1) is 13.8 Å². The molecule has 6 heteroatoms. The van der Waals surface area contributed by atoms with Crippen LogP contribution in [0.3, 0.4) is 0 Å². The molecule has 3 rings (SSSR count). The maximum atomic E-state index is 11.7. The van der Waals surface area contributed by atoms with E-state index >= 15 is 0 Å². The number of nitrogens with zero attached hydrogens (tertiary/aromatic N) is 3. The number of aromatic amines is 1. The number of nitrogens with one attached hydrogen (secondary N) is 1. The summed E-state index contributed by atoms with van der Waals surface area (Å²) < 4.78 is 0. The lowest BCUT2D eigenvalue weighted by molar-refractivity contribution is 0.101. The van der Waals surface area contributed by atoms with Gasteiger partial charge in [-0.25, -0.2) is 4.98 Å². The van der Waals surface area contributed by atoms with Gasteiger partial charge >= 0.3 is 0 Å². The average molecular weight is 298 g/mol. The molecule has 21 heavy (non-hydrogen) atoms. The molecule has 1 N–H and O–H groups in total. The van der Waals surface area contributed by atoms with Crippen LogP contribution in [0.5, 0.6) is 0 Å². The molecule has 0 saturated heterocycles. The number of H-pyrrole nitrogens is 1. The van der Waals surface area contributed by atoms with Crippen LogP contribution in [0.1, 0.15) is 28.5 Å². The molecule has 0 bridgehead atoms. The molecule has 0 unspecified atom stereocenters. The van der Waals surface area contributed by atoms with Crippen molar-refractivity contribution >= 4 is 17.1 Å². The summed E-state index contributed by atoms with van der Waals surface area (Å²) >= 11 is 1.51. The summed E-state index contributed by atoms with van der Waals surface area (Å²) in [7, 11) is 0. The highest BCUT2D eigenvalue weighted by Crippen LogP contribution is 2.31. The zero-order valence-corrected chi connectivity index (χ0v) is 12.8. The third-order valence-electron chi connectivity index (χ3n) is 3.33. The number of carbonyl (C=O) groups excluding carboxylic acids is 1. The van der Waals surface area contributed by atoms with Gasteiger partial charge in [-0.05, 0) is 26.3 Å². The molecular formula is C15H14N4OS. The molecule has 0 aliphatic carbocycles. The summed E-state index contributed by atoms with van der Waals surface area (Å²) in [6.07, 6.45) is 4.97. The van der Waals surface area contributed by atoms with Crippen LogP contribution >= 0.6 is 11.3 Å². The van der Waals surface area contributed by atoms with Crippen LogP contribution in [0.2, 0.25) is 0 Å². The van der Waals surface area contributed by atoms with E-state index in [9.17, 15) is 4.79 Å². The fraction of sp³-hybridized carbons (Fsp3) is 0.200. The van der Waals surface area contributed by atoms with Crippen molar-refractivity contribution in [3.63, 3.8) is 0 Å². The molecule has 0 aliphatic heterocycles. The Kier molecular flexibility index (Phi) is 3.39. The van der Waals surface area contributed by atoms with E-state index in [-0.39, 0.29) is 5.78 Å². The Morgan fingerprint density at radius 3 is 2.67 bits per heavy atom. The molecule has 0 atom stereocenters. The van der Waals surface area contributed by atoms with Crippen molar-refractivity contribution < 1.29 is 4.79 Å². The number of rotatable bonds is 3. The molecule has 3 aromatic heterocycles. The molecule has 0 spiro atoms. The molecule has 0 aromatic carbocycles. The number of ketones is 1. The van der Waals surface area contributed by atoms with E-state index in [4.69, 9.17) is 0 Å². The van der Waals surface area contributed by atoms with Crippen LogP contribution in [0.4, 0.5) is 0 Å². The monoisotopic (exact) mass is 298 g/mol. The lowest BCUT2D eigenvalue weighted by atomic mass is 10.1. The highest BCUT2D eigenvalue weighted by molar-refractivity contribution is 7.13. The Morgan fingerprint density at radius 2 is 2.05 bits per heavy atom. The summed E-state index contributed by atoms with van der Waals surface area (Å²) in [4.78, 5) is 27.9. The first-order chi connectivity index (χ1) is 10.1. The number of hydrogen-bond acceptors (Lipinski definition) is 5. The predicted octanol–water partition coefficient (Wildman–Crippen LogP) is 3.41. The molecule has 0 saturated carbocycles. The Labute approximate surface area is 126 Å². The quantitative estimate of drug-likeness (QED) is 0.752. The van der Waals surface area contributed by atoms with Crippen LogP contribution < -0.4 is 0 Å². The molecule has 5 nitrogen and oxygen atoms in total. The van der Waals surface area contributed by atoms with Gasteiger partial charge in [0.25, 0.3) is 0 Å². The Bertz CT molecular complexity index is 804. The Hall–Kier alpha value is -2.34. The van der Waals surface area contributed by atoms with Crippen molar-refractivity contribution in [3.05, 3.63) is 40.8 Å². The van der Waals surface area contributed by atoms with E-state index in [2.05, 4.69) is 19.9 Å². The SMILES string of the molecule is CC(=O)c1c(C)[nH]c(-c2csc(-c3cnccn3)n2)c1C. The number of aromatic nitrogens is 4. The van der Waals surface area contributed by atoms with Gasteiger partial charge in [0.1, 0.15) is 10.7 Å². The smallest absolute Gasteiger partial charge is 0.161 e. The number of thiazole rings is 1. The van der Waals surface area contributed by atoms with Gasteiger partial charge in [-0.1, -0.05) is 0 Å². The molecular weight excluding hydrogens is 284 g/mol. The first-order valence-electron chi connectivity index (χ1n) is 6.50. The van der Waals surface area contributed by atoms with Gasteiger partial charge in [0, 0.05) is 29.0 Å². The van der Waals surface area contributed by atoms with E-state index in [1.54, 1.807) is 25.5 Å². The average Bonchev–Trinajstić information content (AvgIpc) is 3.04. The van der Waals surface area contributed by atoms with Gasteiger partial charge in [-0.3, -0.25) is 14.8 Å². The topological polar surface area (TPSA) is 71.5 Å². The van der Waals surface area contributed by atoms with Crippen molar-refractivity contribution in [3.8, 4) is 22.1 Å². The van der Waals surface area contributed by atoms with Gasteiger partial charge in [0.05, 0.1) is 17.6 Å². The Morgan fingerprint density at radius 1 is 1.24 bits per heavy atom. The summed E-state index contributed by atoms with van der Waals surface area (Å²) in [5.41, 5.74) is 5.04. The van der Waals surface area contributed by atoms with Gasteiger partial charge in [0.2, 0.25) is 0 Å². The fourth-order valence-electron chi connectivity index (χ4n) is 2.45. The second-order valence-electron chi connectivity index (χ2n) is 4.81. The van der Waals surface area contributed by atoms with Crippen LogP contribution in [-0.4, -0.2) is 25.7 Å². The second-order valence-corrected chi connectivity index (χ2v) is 5.67. The van der Waals surface area contributed by atoms with E-state index < -0.39 is 0 Å². The first kappa shape index (κ1) is 13.6. The predicted molar refractivity (Wildman–Crippen MR) is 82.4 cm³/mol. The minimum absolute atomic E-state index is 0.0666. The van der Waals surface area contributed by atoms with Crippen LogP contribution in [-0.2, 0) is 0 Å². The lowest BCUT2D eigenvalue weighted by Crippen LogP contribution is -1.94. The zero-order valence-electron chi connectivity index (χ0n) is 12.0. The fourth-order valence-corrected chi connectivity index (χ4v) is 3.22. The highest BCUT2D eigenvalue weighted by atomic mass is 32.1. The summed E-state index contributed by atoms with van der Waals surface area (Å²) in [6.45, 7) is 5.43. The number of hydrogen-bond donors (Lipinski definition) is 1. The van der Waals surface area contributed by atoms with E-state index in [0.717, 1.165) is 38.9 Å². The van der Waals surface area contributed by atoms with Gasteiger partial charge in [0.15, 0.2) is 5.78 Å². The van der Waals surface area contributed by atoms with Crippen molar-refractivity contribution in [2.75, 3.05) is 0 Å². The summed E-state index contributed by atoms with van der Waals surface area (Å²) in [5, 5.41) is 2.78. The summed E-state index contributed by atoms with van der Waals surface area (Å²) in [5.74, 6) is 0.0666. The lowest BCUT2D eigenvalue weighted by Gasteiger charge is -1.97. The van der Waals surface area contributed by atoms with Crippen molar-refractivity contribution in [1.29, 1.82) is 0 Å². The van der Waals surface area contributed by atoms with E-state index in [1.807, 2.05) is 19.2 Å². The van der Waals surface area contributed by atoms with Crippen LogP contribution in [0.25, 0.3) is 22.1 Å². The molecule has 0 radical (unpaired) electrons. The third-order valence-corrected chi connectivity index (χ3v) is 4.20. The normalized spacial score (nSPS) is 10.8. The number of carbonyl (C=O) groups is 1. The molecule has 0 amide bonds. The van der Waals surface area contributed by atoms with Crippen molar-refractivity contribution in [2.24, 2.45) is 0 Å².